The predicted molar refractivity (Wildman–Crippen MR) is 97.7 cm³/mol. The molecule has 2 fully saturated rings. The number of aliphatic hydroxyl groups is 1. The molecular weight excluding hydrogens is 340 g/mol. The van der Waals surface area contributed by atoms with Gasteiger partial charge in [-0.25, -0.2) is 9.97 Å². The van der Waals surface area contributed by atoms with Crippen molar-refractivity contribution in [2.24, 2.45) is 0 Å². The van der Waals surface area contributed by atoms with Crippen LogP contribution in [0.25, 0.3) is 10.9 Å². The van der Waals surface area contributed by atoms with Crippen molar-refractivity contribution in [1.82, 2.24) is 14.9 Å². The van der Waals surface area contributed by atoms with Crippen molar-refractivity contribution in [2.75, 3.05) is 32.0 Å². The van der Waals surface area contributed by atoms with Gasteiger partial charge < -0.3 is 15.6 Å². The van der Waals surface area contributed by atoms with Gasteiger partial charge in [0.1, 0.15) is 0 Å². The minimum Gasteiger partial charge on any atom is -0.389 e. The van der Waals surface area contributed by atoms with Crippen LogP contribution in [0.1, 0.15) is 31.2 Å². The molecule has 2 saturated heterocycles. The van der Waals surface area contributed by atoms with Crippen LogP contribution in [0.4, 0.5) is 5.95 Å². The number of nitrogens with zero attached hydrogens (tertiary/aromatic N) is 3. The Kier molecular flexibility index (Phi) is 4.32. The first kappa shape index (κ1) is 17.0. The Hall–Kier alpha value is -1.47. The fourth-order valence-corrected chi connectivity index (χ4v) is 4.38. The molecule has 25 heavy (non-hydrogen) atoms. The van der Waals surface area contributed by atoms with Crippen LogP contribution in [0, 0.1) is 0 Å². The first-order valence-electron chi connectivity index (χ1n) is 8.70. The largest absolute Gasteiger partial charge is 0.389 e. The lowest BCUT2D eigenvalue weighted by Crippen LogP contribution is -2.56. The van der Waals surface area contributed by atoms with E-state index in [2.05, 4.69) is 21.8 Å². The summed E-state index contributed by atoms with van der Waals surface area (Å²) in [5.41, 5.74) is 7.39. The molecular formula is C18H23ClN4O2. The molecule has 7 heteroatoms. The van der Waals surface area contributed by atoms with Crippen molar-refractivity contribution in [2.45, 2.75) is 37.3 Å². The number of likely N-dealkylation sites (tertiary alicyclic amines) is 1. The lowest BCUT2D eigenvalue weighted by molar-refractivity contribution is -0.00211. The highest BCUT2D eigenvalue weighted by molar-refractivity contribution is 6.32. The second-order valence-electron chi connectivity index (χ2n) is 7.31. The van der Waals surface area contributed by atoms with E-state index in [1.807, 2.05) is 12.1 Å². The molecule has 0 amide bonds. The van der Waals surface area contributed by atoms with E-state index in [0.29, 0.717) is 19.1 Å². The number of hydrogen-bond acceptors (Lipinski definition) is 6. The summed E-state index contributed by atoms with van der Waals surface area (Å²) in [6, 6.07) is 3.97. The zero-order chi connectivity index (χ0) is 17.6. The molecule has 2 aliphatic rings. The highest BCUT2D eigenvalue weighted by atomic mass is 35.5. The smallest absolute Gasteiger partial charge is 0.220 e. The molecule has 2 atom stereocenters. The Bertz CT molecular complexity index is 794. The second-order valence-corrected chi connectivity index (χ2v) is 7.72. The maximum Gasteiger partial charge on any atom is 0.220 e. The molecule has 0 bridgehead atoms. The Morgan fingerprint density at radius 3 is 2.80 bits per heavy atom. The normalized spacial score (nSPS) is 28.7. The van der Waals surface area contributed by atoms with Gasteiger partial charge in [0.05, 0.1) is 30.4 Å². The molecule has 0 radical (unpaired) electrons. The zero-order valence-corrected chi connectivity index (χ0v) is 15.0. The van der Waals surface area contributed by atoms with E-state index in [9.17, 15) is 5.11 Å². The molecule has 0 aliphatic carbocycles. The van der Waals surface area contributed by atoms with Crippen LogP contribution in [0.5, 0.6) is 0 Å². The molecule has 3 N–H and O–H groups in total. The number of benzene rings is 1. The van der Waals surface area contributed by atoms with Gasteiger partial charge in [0.15, 0.2) is 0 Å². The average Bonchev–Trinajstić information content (AvgIpc) is 2.95. The highest BCUT2D eigenvalue weighted by Crippen LogP contribution is 2.38. The average molecular weight is 363 g/mol. The second kappa shape index (κ2) is 6.36. The molecule has 1 aromatic carbocycles. The van der Waals surface area contributed by atoms with E-state index in [4.69, 9.17) is 22.1 Å². The summed E-state index contributed by atoms with van der Waals surface area (Å²) in [6.45, 7) is 4.94. The van der Waals surface area contributed by atoms with Crippen LogP contribution in [0.3, 0.4) is 0 Å². The number of aromatic nitrogens is 2. The Labute approximate surface area is 152 Å². The quantitative estimate of drug-likeness (QED) is 0.852. The molecule has 0 spiro atoms. The van der Waals surface area contributed by atoms with Crippen LogP contribution < -0.4 is 5.73 Å². The van der Waals surface area contributed by atoms with Gasteiger partial charge in [-0.15, -0.1) is 0 Å². The first-order valence-corrected chi connectivity index (χ1v) is 9.08. The summed E-state index contributed by atoms with van der Waals surface area (Å²) in [5, 5.41) is 11.9. The number of fused-ring (bicyclic) bond motifs is 1. The van der Waals surface area contributed by atoms with Gasteiger partial charge in [-0.3, -0.25) is 4.90 Å². The van der Waals surface area contributed by atoms with Gasteiger partial charge in [0.2, 0.25) is 5.95 Å². The maximum atomic E-state index is 10.3. The predicted octanol–water partition coefficient (Wildman–Crippen LogP) is 2.19. The summed E-state index contributed by atoms with van der Waals surface area (Å²) in [7, 11) is 0. The molecule has 3 heterocycles. The summed E-state index contributed by atoms with van der Waals surface area (Å²) in [5.74, 6) is 0.658. The van der Waals surface area contributed by atoms with E-state index < -0.39 is 6.10 Å². The minimum atomic E-state index is -0.423. The van der Waals surface area contributed by atoms with Crippen LogP contribution in [-0.2, 0) is 4.74 Å². The van der Waals surface area contributed by atoms with Crippen LogP contribution >= 0.6 is 11.6 Å². The van der Waals surface area contributed by atoms with Crippen LogP contribution in [-0.4, -0.2) is 57.9 Å². The number of ether oxygens (including phenoxy) is 1. The molecule has 2 aromatic rings. The molecule has 4 rings (SSSR count). The Balaban J connectivity index is 1.54. The Morgan fingerprint density at radius 2 is 2.12 bits per heavy atom. The van der Waals surface area contributed by atoms with Gasteiger partial charge in [0, 0.05) is 16.6 Å². The zero-order valence-electron chi connectivity index (χ0n) is 14.3. The van der Waals surface area contributed by atoms with E-state index in [0.717, 1.165) is 47.4 Å². The van der Waals surface area contributed by atoms with E-state index in [-0.39, 0.29) is 11.5 Å². The number of hydrogen-bond donors (Lipinski definition) is 2. The lowest BCUT2D eigenvalue weighted by atomic mass is 9.85. The molecule has 6 nitrogen and oxygen atoms in total. The number of nitrogens with two attached hydrogens (primary N) is 1. The highest BCUT2D eigenvalue weighted by Gasteiger charge is 2.44. The van der Waals surface area contributed by atoms with E-state index >= 15 is 0 Å². The molecule has 0 saturated carbocycles. The number of nitrogen functional groups attached to an aromatic ring is 1. The molecule has 2 aliphatic heterocycles. The van der Waals surface area contributed by atoms with Crippen molar-refractivity contribution in [3.05, 3.63) is 28.9 Å². The third-order valence-electron chi connectivity index (χ3n) is 5.76. The number of rotatable bonds is 2. The summed E-state index contributed by atoms with van der Waals surface area (Å²) in [4.78, 5) is 10.7. The fraction of sp³-hybridized carbons (Fsp3) is 0.556. The third kappa shape index (κ3) is 2.97. The summed E-state index contributed by atoms with van der Waals surface area (Å²) < 4.78 is 5.48. The van der Waals surface area contributed by atoms with Gasteiger partial charge in [-0.05, 0) is 56.5 Å². The summed E-state index contributed by atoms with van der Waals surface area (Å²) in [6.07, 6.45) is 3.27. The topological polar surface area (TPSA) is 84.5 Å². The van der Waals surface area contributed by atoms with E-state index in [1.165, 1.54) is 0 Å². The molecule has 1 aromatic heterocycles. The monoisotopic (exact) mass is 362 g/mol. The third-order valence-corrected chi connectivity index (χ3v) is 6.09. The molecule has 2 unspecified atom stereocenters. The van der Waals surface area contributed by atoms with Crippen LogP contribution in [0.2, 0.25) is 5.02 Å². The van der Waals surface area contributed by atoms with E-state index in [1.54, 1.807) is 6.20 Å². The number of halogens is 1. The van der Waals surface area contributed by atoms with Crippen LogP contribution in [0.15, 0.2) is 18.3 Å². The fourth-order valence-electron chi connectivity index (χ4n) is 4.05. The number of piperidine rings is 1. The lowest BCUT2D eigenvalue weighted by Gasteiger charge is -2.43. The van der Waals surface area contributed by atoms with Gasteiger partial charge in [-0.2, -0.15) is 0 Å². The summed E-state index contributed by atoms with van der Waals surface area (Å²) >= 11 is 6.53. The number of aliphatic hydroxyl groups excluding tert-OH is 1. The van der Waals surface area contributed by atoms with Crippen molar-refractivity contribution >= 4 is 28.5 Å². The standard InChI is InChI=1S/C18H23ClN4O2/c1-18(10-25-9-16(18)24)23-4-2-11(3-5-23)13-7-15-12(6-14(13)19)8-21-17(20)22-15/h6-8,11,16,24H,2-5,9-10H2,1H3,(H2,20,21,22). The van der Waals surface area contributed by atoms with Crippen molar-refractivity contribution < 1.29 is 9.84 Å². The molecule has 134 valence electrons. The SMILES string of the molecule is CC1(N2CCC(c3cc4nc(N)ncc4cc3Cl)CC2)COCC1O. The van der Waals surface area contributed by atoms with Gasteiger partial charge in [0.25, 0.3) is 0 Å². The van der Waals surface area contributed by atoms with Crippen molar-refractivity contribution in [1.29, 1.82) is 0 Å². The van der Waals surface area contributed by atoms with Gasteiger partial charge >= 0.3 is 0 Å². The minimum absolute atomic E-state index is 0.277. The van der Waals surface area contributed by atoms with Crippen molar-refractivity contribution in [3.63, 3.8) is 0 Å². The van der Waals surface area contributed by atoms with Crippen molar-refractivity contribution in [3.8, 4) is 0 Å². The first-order chi connectivity index (χ1) is 12.0. The Morgan fingerprint density at radius 1 is 1.36 bits per heavy atom. The van der Waals surface area contributed by atoms with Gasteiger partial charge in [-0.1, -0.05) is 11.6 Å². The number of anilines is 1. The maximum absolute atomic E-state index is 10.3.